The number of hydrogen-bond donors (Lipinski definition) is 2. The van der Waals surface area contributed by atoms with Crippen LogP contribution in [0.4, 0.5) is 4.39 Å². The van der Waals surface area contributed by atoms with Gasteiger partial charge in [0.05, 0.1) is 13.7 Å². The zero-order valence-corrected chi connectivity index (χ0v) is 23.3. The zero-order chi connectivity index (χ0) is 26.6. The van der Waals surface area contributed by atoms with Gasteiger partial charge in [0.25, 0.3) is 0 Å². The van der Waals surface area contributed by atoms with Gasteiger partial charge in [0.15, 0.2) is 17.3 Å². The predicted molar refractivity (Wildman–Crippen MR) is 145 cm³/mol. The lowest BCUT2D eigenvalue weighted by Crippen LogP contribution is -2.09. The van der Waals surface area contributed by atoms with Crippen molar-refractivity contribution in [3.63, 3.8) is 0 Å². The van der Waals surface area contributed by atoms with Gasteiger partial charge in [-0.15, -0.1) is 0 Å². The van der Waals surface area contributed by atoms with Gasteiger partial charge in [0, 0.05) is 6.16 Å². The van der Waals surface area contributed by atoms with E-state index in [1.54, 1.807) is 6.07 Å². The highest BCUT2D eigenvalue weighted by Gasteiger charge is 2.16. The monoisotopic (exact) mass is 522 g/mol. The first-order chi connectivity index (χ1) is 17.1. The van der Waals surface area contributed by atoms with Crippen molar-refractivity contribution in [2.24, 2.45) is 5.92 Å². The van der Waals surface area contributed by atoms with E-state index in [2.05, 4.69) is 39.0 Å². The van der Waals surface area contributed by atoms with Gasteiger partial charge in [0.1, 0.15) is 0 Å². The van der Waals surface area contributed by atoms with E-state index in [0.29, 0.717) is 37.5 Å². The number of benzene rings is 2. The molecule has 0 saturated carbocycles. The van der Waals surface area contributed by atoms with E-state index >= 15 is 0 Å². The van der Waals surface area contributed by atoms with Crippen LogP contribution in [-0.2, 0) is 17.4 Å². The normalized spacial score (nSPS) is 12.5. The zero-order valence-electron chi connectivity index (χ0n) is 22.4. The van der Waals surface area contributed by atoms with Crippen LogP contribution in [0, 0.1) is 25.6 Å². The second-order valence-corrected chi connectivity index (χ2v) is 11.7. The van der Waals surface area contributed by atoms with Gasteiger partial charge in [-0.05, 0) is 92.7 Å². The Morgan fingerprint density at radius 3 is 2.36 bits per heavy atom. The summed E-state index contributed by atoms with van der Waals surface area (Å²) in [6, 6.07) is 10.0. The van der Waals surface area contributed by atoms with Gasteiger partial charge in [-0.3, -0.25) is 4.57 Å². The second kappa shape index (κ2) is 15.4. The van der Waals surface area contributed by atoms with Crippen molar-refractivity contribution in [2.45, 2.75) is 85.0 Å². The van der Waals surface area contributed by atoms with E-state index in [-0.39, 0.29) is 11.9 Å². The minimum atomic E-state index is -3.95. The third-order valence-electron chi connectivity index (χ3n) is 6.77. The summed E-state index contributed by atoms with van der Waals surface area (Å²) in [6.07, 6.45) is 8.87. The Balaban J connectivity index is 1.88. The highest BCUT2D eigenvalue weighted by atomic mass is 31.2. The van der Waals surface area contributed by atoms with E-state index < -0.39 is 13.4 Å². The number of methoxy groups -OCH3 is 1. The summed E-state index contributed by atoms with van der Waals surface area (Å²) in [4.78, 5) is 17.9. The quantitative estimate of drug-likeness (QED) is 0.166. The molecule has 2 rings (SSSR count). The van der Waals surface area contributed by atoms with Gasteiger partial charge < -0.3 is 19.3 Å². The van der Waals surface area contributed by atoms with E-state index in [0.717, 1.165) is 31.2 Å². The Labute approximate surface area is 216 Å². The van der Waals surface area contributed by atoms with Crippen molar-refractivity contribution in [3.05, 3.63) is 58.4 Å². The van der Waals surface area contributed by atoms with Crippen LogP contribution in [0.5, 0.6) is 11.5 Å². The lowest BCUT2D eigenvalue weighted by molar-refractivity contribution is 0.260. The van der Waals surface area contributed by atoms with Crippen molar-refractivity contribution in [2.75, 3.05) is 19.9 Å². The number of ether oxygens (including phenoxy) is 2. The van der Waals surface area contributed by atoms with Gasteiger partial charge >= 0.3 is 7.60 Å². The lowest BCUT2D eigenvalue weighted by atomic mass is 9.89. The molecule has 202 valence electrons. The number of hydrogen-bond acceptors (Lipinski definition) is 3. The van der Waals surface area contributed by atoms with Crippen LogP contribution < -0.4 is 9.47 Å². The summed E-state index contributed by atoms with van der Waals surface area (Å²) in [5.41, 5.74) is 4.82. The van der Waals surface area contributed by atoms with E-state index in [1.165, 1.54) is 49.1 Å². The van der Waals surface area contributed by atoms with Crippen molar-refractivity contribution in [1.82, 2.24) is 0 Å². The van der Waals surface area contributed by atoms with Crippen molar-refractivity contribution in [1.29, 1.82) is 0 Å². The van der Waals surface area contributed by atoms with Crippen LogP contribution in [0.1, 0.15) is 80.5 Å². The van der Waals surface area contributed by atoms with Gasteiger partial charge in [0.2, 0.25) is 0 Å². The highest BCUT2D eigenvalue weighted by Crippen LogP contribution is 2.36. The molecule has 0 aliphatic heterocycles. The van der Waals surface area contributed by atoms with Crippen molar-refractivity contribution in [3.8, 4) is 11.5 Å². The highest BCUT2D eigenvalue weighted by molar-refractivity contribution is 7.51. The molecule has 0 aliphatic carbocycles. The fourth-order valence-corrected chi connectivity index (χ4v) is 5.17. The molecule has 36 heavy (non-hydrogen) atoms. The third-order valence-corrected chi connectivity index (χ3v) is 7.67. The summed E-state index contributed by atoms with van der Waals surface area (Å²) in [5, 5.41) is 0. The Kier molecular flexibility index (Phi) is 13.0. The minimum absolute atomic E-state index is 0.110. The molecule has 2 aromatic rings. The topological polar surface area (TPSA) is 76.0 Å². The summed E-state index contributed by atoms with van der Waals surface area (Å²) >= 11 is 0. The Bertz CT molecular complexity index is 988. The smallest absolute Gasteiger partial charge is 0.325 e. The molecule has 0 amide bonds. The Morgan fingerprint density at radius 1 is 0.944 bits per heavy atom. The van der Waals surface area contributed by atoms with E-state index in [9.17, 15) is 8.96 Å². The van der Waals surface area contributed by atoms with Gasteiger partial charge in [-0.2, -0.15) is 0 Å². The first-order valence-corrected chi connectivity index (χ1v) is 15.0. The van der Waals surface area contributed by atoms with Crippen LogP contribution in [0.15, 0.2) is 30.3 Å². The first-order valence-electron chi connectivity index (χ1n) is 13.2. The molecule has 2 aromatic carbocycles. The molecular weight excluding hydrogens is 478 g/mol. The Hall–Kier alpha value is -1.88. The number of rotatable bonds is 17. The van der Waals surface area contributed by atoms with Gasteiger partial charge in [-0.25, -0.2) is 4.39 Å². The second-order valence-electron chi connectivity index (χ2n) is 9.93. The molecule has 0 radical (unpaired) electrons. The first kappa shape index (κ1) is 30.3. The van der Waals surface area contributed by atoms with Crippen molar-refractivity contribution < 1.29 is 28.2 Å². The molecule has 0 fully saturated rings. The minimum Gasteiger partial charge on any atom is -0.493 e. The molecule has 5 nitrogen and oxygen atoms in total. The molecule has 0 saturated heterocycles. The lowest BCUT2D eigenvalue weighted by Gasteiger charge is -2.18. The number of halogens is 1. The number of unbranched alkanes of at least 4 members (excludes halogenated alkanes) is 3. The van der Waals surface area contributed by atoms with Crippen molar-refractivity contribution >= 4 is 7.60 Å². The predicted octanol–water partition coefficient (Wildman–Crippen LogP) is 7.55. The van der Waals surface area contributed by atoms with Crippen LogP contribution in [0.25, 0.3) is 0 Å². The molecule has 2 N–H and O–H groups in total. The van der Waals surface area contributed by atoms with Crippen LogP contribution in [0.2, 0.25) is 0 Å². The fraction of sp³-hybridized carbons (Fsp3) is 0.586. The molecule has 0 aromatic heterocycles. The largest absolute Gasteiger partial charge is 0.493 e. The molecular formula is C29H44FO5P. The SMILES string of the molecule is CCCCC(CCCOc1c(F)cc(CCCCCP(=O)(O)O)cc1OC)Cc1ccc(C)c(C)c1. The molecule has 0 bridgehead atoms. The maximum atomic E-state index is 14.8. The Morgan fingerprint density at radius 2 is 1.69 bits per heavy atom. The molecule has 0 spiro atoms. The summed E-state index contributed by atoms with van der Waals surface area (Å²) in [6.45, 7) is 6.95. The van der Waals surface area contributed by atoms with Crippen LogP contribution >= 0.6 is 7.60 Å². The average molecular weight is 523 g/mol. The van der Waals surface area contributed by atoms with Gasteiger partial charge in [-0.1, -0.05) is 50.8 Å². The summed E-state index contributed by atoms with van der Waals surface area (Å²) < 4.78 is 37.0. The van der Waals surface area contributed by atoms with Crippen LogP contribution in [-0.4, -0.2) is 29.7 Å². The number of aryl methyl sites for hydroxylation is 3. The average Bonchev–Trinajstić information content (AvgIpc) is 2.82. The maximum Gasteiger partial charge on any atom is 0.325 e. The summed E-state index contributed by atoms with van der Waals surface area (Å²) in [5.74, 6) is 0.687. The third kappa shape index (κ3) is 11.0. The van der Waals surface area contributed by atoms with E-state index in [1.807, 2.05) is 0 Å². The summed E-state index contributed by atoms with van der Waals surface area (Å²) in [7, 11) is -2.44. The van der Waals surface area contributed by atoms with E-state index in [4.69, 9.17) is 19.3 Å². The molecule has 0 aliphatic rings. The molecule has 1 unspecified atom stereocenters. The maximum absolute atomic E-state index is 14.8. The molecule has 1 atom stereocenters. The molecule has 7 heteroatoms. The van der Waals surface area contributed by atoms with Crippen LogP contribution in [0.3, 0.4) is 0 Å². The fourth-order valence-electron chi connectivity index (χ4n) is 4.53. The molecule has 0 heterocycles. The standard InChI is InChI=1S/C29H44FO5P/c1-5-6-11-24(19-26-15-14-22(2)23(3)18-26)13-10-16-35-29-27(30)20-25(21-28(29)34-4)12-8-7-9-17-36(31,32)33/h14-15,18,20-21,24H,5-13,16-17,19H2,1-4H3,(H2,31,32,33).